The van der Waals surface area contributed by atoms with E-state index in [9.17, 15) is 82.8 Å². The first-order chi connectivity index (χ1) is 32.9. The van der Waals surface area contributed by atoms with Crippen molar-refractivity contribution >= 4 is 89.5 Å². The van der Waals surface area contributed by atoms with E-state index >= 15 is 0 Å². The number of carboxylic acid groups (broad SMARTS) is 1. The number of nitrogens with two attached hydrogens (primary N) is 4. The summed E-state index contributed by atoms with van der Waals surface area (Å²) in [6.07, 6.45) is -6.62. The van der Waals surface area contributed by atoms with Gasteiger partial charge in [-0.1, -0.05) is 27.7 Å². The maximum Gasteiger partial charge on any atom is 0.326 e. The van der Waals surface area contributed by atoms with Crippen molar-refractivity contribution in [2.24, 2.45) is 34.8 Å². The van der Waals surface area contributed by atoms with Crippen molar-refractivity contribution in [3.8, 4) is 0 Å². The molecule has 0 aliphatic rings. The fourth-order valence-corrected chi connectivity index (χ4v) is 6.22. The van der Waals surface area contributed by atoms with Gasteiger partial charge in [-0.05, 0) is 38.5 Å². The fraction of sp³-hybridized carbons (Fsp3) is 0.675. The van der Waals surface area contributed by atoms with Crippen LogP contribution in [0, 0.1) is 11.8 Å². The van der Waals surface area contributed by atoms with Gasteiger partial charge in [-0.3, -0.25) is 57.5 Å². The summed E-state index contributed by atoms with van der Waals surface area (Å²) < 4.78 is 0. The van der Waals surface area contributed by atoms with E-state index in [-0.39, 0.29) is 18.1 Å². The summed E-state index contributed by atoms with van der Waals surface area (Å²) in [4.78, 5) is 166. The van der Waals surface area contributed by atoms with Gasteiger partial charge in [0.2, 0.25) is 70.9 Å². The third-order valence-corrected chi connectivity index (χ3v) is 10.3. The largest absolute Gasteiger partial charge is 0.480 e. The van der Waals surface area contributed by atoms with Crippen LogP contribution in [0.5, 0.6) is 0 Å². The van der Waals surface area contributed by atoms with Gasteiger partial charge in [0.1, 0.15) is 48.3 Å². The fourth-order valence-electron chi connectivity index (χ4n) is 6.05. The molecule has 0 radical (unpaired) electrons. The molecule has 0 aromatic carbocycles. The van der Waals surface area contributed by atoms with Crippen molar-refractivity contribution < 1.29 is 82.8 Å². The second-order valence-corrected chi connectivity index (χ2v) is 17.4. The van der Waals surface area contributed by atoms with Crippen molar-refractivity contribution in [2.45, 2.75) is 140 Å². The van der Waals surface area contributed by atoms with E-state index in [1.54, 1.807) is 27.7 Å². The number of nitrogens with one attached hydrogen (secondary N) is 9. The molecule has 31 heteroatoms. The summed E-state index contributed by atoms with van der Waals surface area (Å²) in [5.74, 6) is -15.9. The number of aliphatic carboxylic acids is 1. The highest BCUT2D eigenvalue weighted by Crippen LogP contribution is 2.09. The Balaban J connectivity index is 6.27. The number of carboxylic acids is 1. The monoisotopic (exact) mass is 1040 g/mol. The van der Waals surface area contributed by atoms with E-state index in [4.69, 9.17) is 22.9 Å². The highest BCUT2D eigenvalue weighted by molar-refractivity contribution is 7.80. The average Bonchev–Trinajstić information content (AvgIpc) is 3.26. The van der Waals surface area contributed by atoms with Crippen molar-refractivity contribution in [1.82, 2.24) is 47.9 Å². The number of hydrogen-bond donors (Lipinski definition) is 18. The number of aliphatic hydroxyl groups is 3. The first-order valence-electron chi connectivity index (χ1n) is 22.0. The summed E-state index contributed by atoms with van der Waals surface area (Å²) in [5, 5.41) is 59.7. The average molecular weight is 1040 g/mol. The van der Waals surface area contributed by atoms with E-state index in [1.807, 2.05) is 0 Å². The molecule has 71 heavy (non-hydrogen) atoms. The molecule has 0 bridgehead atoms. The molecule has 0 spiro atoms. The van der Waals surface area contributed by atoms with Crippen LogP contribution >= 0.6 is 12.6 Å². The minimum Gasteiger partial charge on any atom is -0.480 e. The van der Waals surface area contributed by atoms with E-state index < -0.39 is 188 Å². The van der Waals surface area contributed by atoms with Gasteiger partial charge in [-0.15, -0.1) is 0 Å². The number of hydrogen-bond acceptors (Lipinski definition) is 18. The van der Waals surface area contributed by atoms with E-state index in [0.717, 1.165) is 13.8 Å². The van der Waals surface area contributed by atoms with Gasteiger partial charge in [-0.25, -0.2) is 4.79 Å². The highest BCUT2D eigenvalue weighted by atomic mass is 32.1. The number of rotatable bonds is 33. The van der Waals surface area contributed by atoms with Crippen molar-refractivity contribution in [2.75, 3.05) is 18.9 Å². The summed E-state index contributed by atoms with van der Waals surface area (Å²) >= 11 is 3.93. The van der Waals surface area contributed by atoms with E-state index in [1.165, 1.54) is 0 Å². The number of amides is 12. The molecule has 30 nitrogen and oxygen atoms in total. The summed E-state index contributed by atoms with van der Waals surface area (Å²) in [5.41, 5.74) is 21.5. The van der Waals surface area contributed by atoms with Crippen LogP contribution in [-0.4, -0.2) is 183 Å². The second-order valence-electron chi connectivity index (χ2n) is 17.1. The Morgan fingerprint density at radius 1 is 0.507 bits per heavy atom. The Kier molecular flexibility index (Phi) is 28.5. The lowest BCUT2D eigenvalue weighted by atomic mass is 10.0. The first kappa shape index (κ1) is 64.3. The molecule has 402 valence electrons. The Bertz CT molecular complexity index is 1940. The van der Waals surface area contributed by atoms with Crippen molar-refractivity contribution in [3.05, 3.63) is 0 Å². The number of carbonyl (C=O) groups excluding carboxylic acids is 12. The molecule has 0 aromatic rings. The van der Waals surface area contributed by atoms with Crippen LogP contribution in [-0.2, 0) is 62.3 Å². The van der Waals surface area contributed by atoms with Gasteiger partial charge in [0.15, 0.2) is 0 Å². The molecule has 0 saturated heterocycles. The van der Waals surface area contributed by atoms with Gasteiger partial charge in [0, 0.05) is 12.2 Å². The maximum atomic E-state index is 13.6. The molecule has 21 N–H and O–H groups in total. The van der Waals surface area contributed by atoms with Gasteiger partial charge in [0.05, 0.1) is 44.2 Å². The molecule has 0 saturated carbocycles. The molecule has 0 rings (SSSR count). The SMILES string of the molecule is CC(C)C[C@H](NC(=O)[C@@H](NC(=O)[C@H](CC(N)=O)NC(=O)[C@@H](NC(=O)[C@H](CC(N)=O)NC(=O)[C@H](CCC(N)=O)NC(=O)CNC(=O)[C@H](CO)NC(=O)[C@@H](NC(=O)[C@@H](N)CS)C(C)C)[C@@H](C)O)[C@@H](C)O)C(=O)O. The van der Waals surface area contributed by atoms with Crippen LogP contribution in [0.2, 0.25) is 0 Å². The molecule has 0 heterocycles. The molecule has 0 aliphatic carbocycles. The Morgan fingerprint density at radius 2 is 0.915 bits per heavy atom. The van der Waals surface area contributed by atoms with Gasteiger partial charge in [-0.2, -0.15) is 12.6 Å². The maximum absolute atomic E-state index is 13.6. The predicted octanol–water partition coefficient (Wildman–Crippen LogP) is -9.21. The van der Waals surface area contributed by atoms with Crippen molar-refractivity contribution in [3.63, 3.8) is 0 Å². The van der Waals surface area contributed by atoms with Crippen LogP contribution in [0.15, 0.2) is 0 Å². The lowest BCUT2D eigenvalue weighted by molar-refractivity contribution is -0.143. The zero-order valence-corrected chi connectivity index (χ0v) is 40.9. The van der Waals surface area contributed by atoms with Crippen LogP contribution in [0.1, 0.15) is 73.6 Å². The number of aliphatic hydroxyl groups excluding tert-OH is 3. The van der Waals surface area contributed by atoms with E-state index in [2.05, 4.69) is 60.5 Å². The molecular formula is C40H69N13O17S. The topological polar surface area (TPSA) is 515 Å². The predicted molar refractivity (Wildman–Crippen MR) is 249 cm³/mol. The third kappa shape index (κ3) is 24.1. The van der Waals surface area contributed by atoms with Crippen molar-refractivity contribution in [1.29, 1.82) is 0 Å². The molecular weight excluding hydrogens is 967 g/mol. The van der Waals surface area contributed by atoms with E-state index in [0.29, 0.717) is 0 Å². The zero-order chi connectivity index (χ0) is 55.0. The minimum absolute atomic E-state index is 0.0386. The van der Waals surface area contributed by atoms with Gasteiger partial charge >= 0.3 is 5.97 Å². The normalized spacial score (nSPS) is 15.7. The number of thiol groups is 1. The third-order valence-electron chi connectivity index (χ3n) is 9.87. The Morgan fingerprint density at radius 3 is 1.30 bits per heavy atom. The smallest absolute Gasteiger partial charge is 0.326 e. The molecule has 12 amide bonds. The zero-order valence-electron chi connectivity index (χ0n) is 40.0. The van der Waals surface area contributed by atoms with Crippen LogP contribution in [0.3, 0.4) is 0 Å². The molecule has 0 fully saturated rings. The Hall–Kier alpha value is -6.70. The molecule has 11 atom stereocenters. The van der Waals surface area contributed by atoms with Crippen LogP contribution in [0.4, 0.5) is 0 Å². The van der Waals surface area contributed by atoms with Crippen LogP contribution < -0.4 is 70.8 Å². The Labute approximate surface area is 413 Å². The second kappa shape index (κ2) is 31.5. The molecule has 0 aliphatic heterocycles. The van der Waals surface area contributed by atoms with Gasteiger partial charge in [0.25, 0.3) is 0 Å². The lowest BCUT2D eigenvalue weighted by Crippen LogP contribution is -2.63. The first-order valence-corrected chi connectivity index (χ1v) is 22.6. The minimum atomic E-state index is -2.06. The number of carbonyl (C=O) groups is 13. The summed E-state index contributed by atoms with van der Waals surface area (Å²) in [6.45, 7) is 6.63. The van der Waals surface area contributed by atoms with Gasteiger partial charge < -0.3 is 91.2 Å². The lowest BCUT2D eigenvalue weighted by Gasteiger charge is -2.28. The summed E-state index contributed by atoms with van der Waals surface area (Å²) in [7, 11) is 0. The molecule has 0 unspecified atom stereocenters. The standard InChI is InChI=1S/C40H69N13O17S/c1-15(2)9-23(40(69)70)49-39(68)31(18(6)56)53-36(65)22(11-27(44)59)48-38(67)30(17(5)55)52-35(64)21(10-26(43)58)47-34(63)20(7-8-25(42)57)46-28(60)12-45-33(62)24(13-54)50-37(66)29(16(3)4)51-32(61)19(41)14-71/h15-24,29-31,54-56,71H,7-14,41H2,1-6H3,(H2,42,57)(H2,43,58)(H2,44,59)(H,45,62)(H,46,60)(H,47,63)(H,48,67)(H,49,68)(H,50,66)(H,51,61)(H,52,64)(H,53,65)(H,69,70)/t17-,18-,19+,20+,21+,22+,23+,24+,29+,30+,31+/m1/s1. The number of primary amides is 3. The van der Waals surface area contributed by atoms with Crippen LogP contribution in [0.25, 0.3) is 0 Å². The molecule has 0 aromatic heterocycles. The summed E-state index contributed by atoms with van der Waals surface area (Å²) in [6, 6.07) is -15.0. The highest BCUT2D eigenvalue weighted by Gasteiger charge is 2.37. The quantitative estimate of drug-likeness (QED) is 0.0271.